The van der Waals surface area contributed by atoms with Gasteiger partial charge in [-0.15, -0.1) is 0 Å². The van der Waals surface area contributed by atoms with E-state index in [9.17, 15) is 14.0 Å². The van der Waals surface area contributed by atoms with Crippen molar-refractivity contribution in [2.45, 2.75) is 19.9 Å². The Morgan fingerprint density at radius 1 is 1.07 bits per heavy atom. The molecular formula is C20H22FN3O3. The molecule has 2 amide bonds. The Morgan fingerprint density at radius 2 is 1.70 bits per heavy atom. The number of hydrogen-bond acceptors (Lipinski definition) is 4. The van der Waals surface area contributed by atoms with Gasteiger partial charge in [-0.05, 0) is 47.9 Å². The van der Waals surface area contributed by atoms with Crippen molar-refractivity contribution < 1.29 is 18.7 Å². The van der Waals surface area contributed by atoms with Gasteiger partial charge in [-0.3, -0.25) is 9.59 Å². The van der Waals surface area contributed by atoms with E-state index < -0.39 is 11.9 Å². The van der Waals surface area contributed by atoms with Gasteiger partial charge in [0.1, 0.15) is 17.6 Å². The van der Waals surface area contributed by atoms with E-state index in [1.807, 2.05) is 13.8 Å². The fraction of sp³-hybridized carbons (Fsp3) is 0.250. The molecule has 2 N–H and O–H groups in total. The third-order valence-corrected chi connectivity index (χ3v) is 3.85. The van der Waals surface area contributed by atoms with Gasteiger partial charge in [0.25, 0.3) is 11.8 Å². The van der Waals surface area contributed by atoms with E-state index in [2.05, 4.69) is 15.8 Å². The molecular weight excluding hydrogens is 349 g/mol. The standard InChI is InChI=1S/C20H22FN3O3/c1-13(2)18(23-19(25)15-6-10-17(27-3)11-7-15)20(26)24-22-12-14-4-8-16(21)9-5-14/h4-13,18H,1-3H3,(H,23,25)(H,24,26). The minimum atomic E-state index is -0.759. The first-order valence-corrected chi connectivity index (χ1v) is 8.44. The summed E-state index contributed by atoms with van der Waals surface area (Å²) in [6.45, 7) is 3.64. The first-order valence-electron chi connectivity index (χ1n) is 8.44. The van der Waals surface area contributed by atoms with Crippen molar-refractivity contribution >= 4 is 18.0 Å². The first kappa shape index (κ1) is 20.1. The van der Waals surface area contributed by atoms with Crippen molar-refractivity contribution in [3.63, 3.8) is 0 Å². The van der Waals surface area contributed by atoms with Crippen molar-refractivity contribution in [1.29, 1.82) is 0 Å². The SMILES string of the molecule is COc1ccc(C(=O)NC(C(=O)NN=Cc2ccc(F)cc2)C(C)C)cc1. The van der Waals surface area contributed by atoms with Gasteiger partial charge in [0.2, 0.25) is 0 Å². The van der Waals surface area contributed by atoms with Crippen LogP contribution >= 0.6 is 0 Å². The summed E-state index contributed by atoms with van der Waals surface area (Å²) in [7, 11) is 1.54. The molecule has 0 fully saturated rings. The largest absolute Gasteiger partial charge is 0.497 e. The van der Waals surface area contributed by atoms with Gasteiger partial charge in [0.05, 0.1) is 13.3 Å². The van der Waals surface area contributed by atoms with E-state index in [0.29, 0.717) is 16.9 Å². The molecule has 0 radical (unpaired) electrons. The number of methoxy groups -OCH3 is 1. The molecule has 0 aliphatic carbocycles. The molecule has 142 valence electrons. The topological polar surface area (TPSA) is 79.8 Å². The number of nitrogens with zero attached hydrogens (tertiary/aromatic N) is 1. The minimum absolute atomic E-state index is 0.145. The highest BCUT2D eigenvalue weighted by molar-refractivity contribution is 5.97. The molecule has 0 aliphatic heterocycles. The number of hydrazone groups is 1. The Bertz CT molecular complexity index is 802. The highest BCUT2D eigenvalue weighted by atomic mass is 19.1. The molecule has 2 aromatic rings. The van der Waals surface area contributed by atoms with Crippen LogP contribution in [0.4, 0.5) is 4.39 Å². The molecule has 0 bridgehead atoms. The lowest BCUT2D eigenvalue weighted by atomic mass is 10.0. The number of halogens is 1. The van der Waals surface area contributed by atoms with Crippen LogP contribution < -0.4 is 15.5 Å². The van der Waals surface area contributed by atoms with E-state index in [4.69, 9.17) is 4.74 Å². The number of benzene rings is 2. The summed E-state index contributed by atoms with van der Waals surface area (Å²) < 4.78 is 17.9. The van der Waals surface area contributed by atoms with Gasteiger partial charge in [0.15, 0.2) is 0 Å². The highest BCUT2D eigenvalue weighted by Crippen LogP contribution is 2.12. The molecule has 2 aromatic carbocycles. The second-order valence-electron chi connectivity index (χ2n) is 6.21. The molecule has 0 aromatic heterocycles. The number of nitrogens with one attached hydrogen (secondary N) is 2. The molecule has 0 heterocycles. The average Bonchev–Trinajstić information content (AvgIpc) is 2.67. The molecule has 0 aliphatic rings. The molecule has 1 unspecified atom stereocenters. The number of amides is 2. The predicted molar refractivity (Wildman–Crippen MR) is 101 cm³/mol. The van der Waals surface area contributed by atoms with Crippen LogP contribution in [0.15, 0.2) is 53.6 Å². The zero-order chi connectivity index (χ0) is 19.8. The smallest absolute Gasteiger partial charge is 0.262 e. The average molecular weight is 371 g/mol. The minimum Gasteiger partial charge on any atom is -0.497 e. The van der Waals surface area contributed by atoms with Crippen LogP contribution in [0.3, 0.4) is 0 Å². The van der Waals surface area contributed by atoms with E-state index >= 15 is 0 Å². The maximum Gasteiger partial charge on any atom is 0.262 e. The monoisotopic (exact) mass is 371 g/mol. The third-order valence-electron chi connectivity index (χ3n) is 3.85. The summed E-state index contributed by atoms with van der Waals surface area (Å²) >= 11 is 0. The second-order valence-corrected chi connectivity index (χ2v) is 6.21. The van der Waals surface area contributed by atoms with Crippen molar-refractivity contribution in [3.8, 4) is 5.75 Å². The summed E-state index contributed by atoms with van der Waals surface area (Å²) in [6.07, 6.45) is 1.40. The van der Waals surface area contributed by atoms with Crippen LogP contribution in [-0.2, 0) is 4.79 Å². The summed E-state index contributed by atoms with van der Waals surface area (Å²) in [5.41, 5.74) is 3.46. The van der Waals surface area contributed by atoms with Crippen LogP contribution in [-0.4, -0.2) is 31.2 Å². The van der Waals surface area contributed by atoms with Gasteiger partial charge in [-0.1, -0.05) is 26.0 Å². The third kappa shape index (κ3) is 5.91. The van der Waals surface area contributed by atoms with Gasteiger partial charge in [0, 0.05) is 5.56 Å². The van der Waals surface area contributed by atoms with Crippen LogP contribution in [0.1, 0.15) is 29.8 Å². The molecule has 2 rings (SSSR count). The maximum atomic E-state index is 12.9. The van der Waals surface area contributed by atoms with E-state index in [0.717, 1.165) is 0 Å². The molecule has 0 spiro atoms. The van der Waals surface area contributed by atoms with Crippen LogP contribution in [0.25, 0.3) is 0 Å². The van der Waals surface area contributed by atoms with E-state index in [-0.39, 0.29) is 17.6 Å². The molecule has 0 saturated heterocycles. The quantitative estimate of drug-likeness (QED) is 0.580. The van der Waals surface area contributed by atoms with Gasteiger partial charge in [-0.2, -0.15) is 5.10 Å². The molecule has 0 saturated carbocycles. The Labute approximate surface area is 157 Å². The Balaban J connectivity index is 1.99. The fourth-order valence-corrected chi connectivity index (χ4v) is 2.29. The number of ether oxygens (including phenoxy) is 1. The summed E-state index contributed by atoms with van der Waals surface area (Å²) in [5.74, 6) is -0.662. The lowest BCUT2D eigenvalue weighted by Crippen LogP contribution is -2.48. The zero-order valence-electron chi connectivity index (χ0n) is 15.4. The Morgan fingerprint density at radius 3 is 2.26 bits per heavy atom. The first-order chi connectivity index (χ1) is 12.9. The van der Waals surface area contributed by atoms with Gasteiger partial charge in [-0.25, -0.2) is 9.82 Å². The van der Waals surface area contributed by atoms with Crippen molar-refractivity contribution in [2.75, 3.05) is 7.11 Å². The lowest BCUT2D eigenvalue weighted by molar-refractivity contribution is -0.123. The number of rotatable bonds is 7. The van der Waals surface area contributed by atoms with Gasteiger partial charge >= 0.3 is 0 Å². The Kier molecular flexibility index (Phi) is 7.05. The molecule has 7 heteroatoms. The van der Waals surface area contributed by atoms with Crippen LogP contribution in [0, 0.1) is 11.7 Å². The Hall–Kier alpha value is -3.22. The second kappa shape index (κ2) is 9.47. The van der Waals surface area contributed by atoms with Gasteiger partial charge < -0.3 is 10.1 Å². The van der Waals surface area contributed by atoms with Crippen molar-refractivity contribution in [1.82, 2.24) is 10.7 Å². The van der Waals surface area contributed by atoms with Crippen molar-refractivity contribution in [3.05, 3.63) is 65.5 Å². The summed E-state index contributed by atoms with van der Waals surface area (Å²) in [6, 6.07) is 11.5. The number of carbonyl (C=O) groups is 2. The normalized spacial score (nSPS) is 12.0. The highest BCUT2D eigenvalue weighted by Gasteiger charge is 2.24. The van der Waals surface area contributed by atoms with E-state index in [1.165, 1.54) is 30.5 Å². The number of hydrogen-bond donors (Lipinski definition) is 2. The molecule has 6 nitrogen and oxygen atoms in total. The number of carbonyl (C=O) groups excluding carboxylic acids is 2. The van der Waals surface area contributed by atoms with Crippen LogP contribution in [0.5, 0.6) is 5.75 Å². The summed E-state index contributed by atoms with van der Waals surface area (Å²) in [5, 5.41) is 6.57. The molecule has 1 atom stereocenters. The maximum absolute atomic E-state index is 12.9. The van der Waals surface area contributed by atoms with E-state index in [1.54, 1.807) is 31.4 Å². The molecule has 27 heavy (non-hydrogen) atoms. The van der Waals surface area contributed by atoms with Crippen molar-refractivity contribution in [2.24, 2.45) is 11.0 Å². The lowest BCUT2D eigenvalue weighted by Gasteiger charge is -2.20. The predicted octanol–water partition coefficient (Wildman–Crippen LogP) is 2.74. The van der Waals surface area contributed by atoms with Crippen LogP contribution in [0.2, 0.25) is 0 Å². The summed E-state index contributed by atoms with van der Waals surface area (Å²) in [4.78, 5) is 24.8. The zero-order valence-corrected chi connectivity index (χ0v) is 15.4. The fourth-order valence-electron chi connectivity index (χ4n) is 2.29.